The van der Waals surface area contributed by atoms with Crippen LogP contribution in [0.4, 0.5) is 0 Å². The summed E-state index contributed by atoms with van der Waals surface area (Å²) in [7, 11) is 3.01. The molecule has 4 rings (SSSR count). The van der Waals surface area contributed by atoms with Crippen LogP contribution in [0, 0.1) is 0 Å². The average Bonchev–Trinajstić information content (AvgIpc) is 3.41. The number of aliphatic carboxylic acids is 1. The molecule has 11 heteroatoms. The number of nitrogens with zero attached hydrogens (tertiary/aromatic N) is 2. The van der Waals surface area contributed by atoms with Gasteiger partial charge in [-0.3, -0.25) is 4.79 Å². The van der Waals surface area contributed by atoms with Crippen molar-refractivity contribution < 1.29 is 67.8 Å². The SMILES string of the molecule is COc1ccc(C(=O)C(Cc2cc(OC)c(OC(C)C)c(OC(C)C)c2)=C(C(=O)[O-])c2ccc3nonc3c2)cc1.[Na+]. The van der Waals surface area contributed by atoms with Gasteiger partial charge in [0.25, 0.3) is 0 Å². The van der Waals surface area contributed by atoms with E-state index in [0.29, 0.717) is 39.6 Å². The largest absolute Gasteiger partial charge is 1.00 e. The Hall–Kier alpha value is -3.86. The van der Waals surface area contributed by atoms with E-state index in [1.165, 1.54) is 26.4 Å². The molecule has 214 valence electrons. The minimum atomic E-state index is -1.52. The summed E-state index contributed by atoms with van der Waals surface area (Å²) in [4.78, 5) is 26.7. The molecule has 0 radical (unpaired) electrons. The number of hydrogen-bond acceptors (Lipinski definition) is 10. The molecule has 0 saturated carbocycles. The van der Waals surface area contributed by atoms with E-state index >= 15 is 0 Å². The van der Waals surface area contributed by atoms with Crippen LogP contribution in [0.25, 0.3) is 16.6 Å². The number of benzene rings is 3. The van der Waals surface area contributed by atoms with Crippen molar-refractivity contribution in [2.75, 3.05) is 14.2 Å². The van der Waals surface area contributed by atoms with Gasteiger partial charge in [-0.15, -0.1) is 0 Å². The maximum atomic E-state index is 14.0. The van der Waals surface area contributed by atoms with Gasteiger partial charge in [0.1, 0.15) is 16.8 Å². The summed E-state index contributed by atoms with van der Waals surface area (Å²) in [5.74, 6) is -0.271. The standard InChI is InChI=1S/C31H32N2O8.Na/c1-17(2)39-27-15-19(14-26(38-6)30(27)40-18(3)4)13-23(29(34)20-7-10-22(37-5)11-8-20)28(31(35)36)21-9-12-24-25(16-21)33-41-32-24;/h7-12,14-18H,13H2,1-6H3,(H,35,36);/q;+1/p-1. The summed E-state index contributed by atoms with van der Waals surface area (Å²) >= 11 is 0. The molecule has 42 heavy (non-hydrogen) atoms. The quantitative estimate of drug-likeness (QED) is 0.137. The molecule has 1 heterocycles. The Kier molecular flexibility index (Phi) is 11.2. The van der Waals surface area contributed by atoms with Crippen molar-refractivity contribution in [2.24, 2.45) is 0 Å². The van der Waals surface area contributed by atoms with Crippen molar-refractivity contribution in [2.45, 2.75) is 46.3 Å². The number of Topliss-reactive ketones (excluding diaryl/α,β-unsaturated/α-hetero) is 1. The number of rotatable bonds is 12. The summed E-state index contributed by atoms with van der Waals surface area (Å²) in [6.45, 7) is 7.52. The first kappa shape index (κ1) is 32.7. The summed E-state index contributed by atoms with van der Waals surface area (Å²) in [6.07, 6.45) is -0.445. The molecular formula is C31H31N2NaO8. The monoisotopic (exact) mass is 582 g/mol. The molecule has 0 fully saturated rings. The number of aromatic nitrogens is 2. The molecule has 0 bridgehead atoms. The van der Waals surface area contributed by atoms with Gasteiger partial charge in [-0.1, -0.05) is 6.07 Å². The van der Waals surface area contributed by atoms with Crippen molar-refractivity contribution >= 4 is 28.4 Å². The number of methoxy groups -OCH3 is 2. The predicted molar refractivity (Wildman–Crippen MR) is 149 cm³/mol. The molecule has 0 unspecified atom stereocenters. The first-order chi connectivity index (χ1) is 19.6. The summed E-state index contributed by atoms with van der Waals surface area (Å²) in [5.41, 5.74) is 1.53. The molecule has 0 N–H and O–H groups in total. The molecule has 3 aromatic carbocycles. The van der Waals surface area contributed by atoms with Gasteiger partial charge in [-0.2, -0.15) is 0 Å². The predicted octanol–water partition coefficient (Wildman–Crippen LogP) is 1.45. The van der Waals surface area contributed by atoms with E-state index < -0.39 is 11.8 Å². The fourth-order valence-corrected chi connectivity index (χ4v) is 4.33. The van der Waals surface area contributed by atoms with Crippen LogP contribution in [-0.2, 0) is 11.2 Å². The summed E-state index contributed by atoms with van der Waals surface area (Å²) in [6, 6.07) is 14.4. The van der Waals surface area contributed by atoms with Gasteiger partial charge in [0, 0.05) is 23.1 Å². The van der Waals surface area contributed by atoms with Crippen LogP contribution < -0.4 is 53.6 Å². The van der Waals surface area contributed by atoms with Gasteiger partial charge in [-0.25, -0.2) is 4.63 Å². The second kappa shape index (κ2) is 14.4. The third-order valence-corrected chi connectivity index (χ3v) is 6.07. The maximum Gasteiger partial charge on any atom is 1.00 e. The zero-order chi connectivity index (χ0) is 29.7. The van der Waals surface area contributed by atoms with Crippen molar-refractivity contribution in [1.82, 2.24) is 10.3 Å². The van der Waals surface area contributed by atoms with Crippen molar-refractivity contribution in [1.29, 1.82) is 0 Å². The van der Waals surface area contributed by atoms with Gasteiger partial charge >= 0.3 is 29.6 Å². The van der Waals surface area contributed by atoms with Crippen LogP contribution in [0.1, 0.15) is 49.2 Å². The van der Waals surface area contributed by atoms with Gasteiger partial charge in [0.15, 0.2) is 17.3 Å². The molecule has 1 aromatic heterocycles. The average molecular weight is 583 g/mol. The Morgan fingerprint density at radius 1 is 0.810 bits per heavy atom. The summed E-state index contributed by atoms with van der Waals surface area (Å²) in [5, 5.41) is 20.3. The number of carboxylic acid groups (broad SMARTS) is 1. The molecule has 0 amide bonds. The first-order valence-corrected chi connectivity index (χ1v) is 13.0. The Bertz CT molecular complexity index is 1590. The molecule has 0 aliphatic heterocycles. The van der Waals surface area contributed by atoms with Gasteiger partial charge in [-0.05, 0) is 97.7 Å². The number of allylic oxidation sites excluding steroid dienone is 1. The Morgan fingerprint density at radius 2 is 1.43 bits per heavy atom. The zero-order valence-corrected chi connectivity index (χ0v) is 26.7. The van der Waals surface area contributed by atoms with E-state index in [4.69, 9.17) is 23.6 Å². The van der Waals surface area contributed by atoms with Crippen molar-refractivity contribution in [3.8, 4) is 23.0 Å². The molecule has 10 nitrogen and oxygen atoms in total. The topological polar surface area (TPSA) is 133 Å². The van der Waals surface area contributed by atoms with Crippen LogP contribution >= 0.6 is 0 Å². The molecule has 0 saturated heterocycles. The number of ketones is 1. The number of fused-ring (bicyclic) bond motifs is 1. The minimum absolute atomic E-state index is 0. The maximum absolute atomic E-state index is 14.0. The van der Waals surface area contributed by atoms with Crippen LogP contribution in [0.3, 0.4) is 0 Å². The van der Waals surface area contributed by atoms with Gasteiger partial charge < -0.3 is 28.8 Å². The Morgan fingerprint density at radius 3 is 2.02 bits per heavy atom. The molecule has 0 aliphatic carbocycles. The van der Waals surface area contributed by atoms with Crippen LogP contribution in [0.15, 0.2) is 64.8 Å². The second-order valence-corrected chi connectivity index (χ2v) is 9.80. The zero-order valence-electron chi connectivity index (χ0n) is 24.7. The fraction of sp³-hybridized carbons (Fsp3) is 0.290. The van der Waals surface area contributed by atoms with Crippen LogP contribution in [-0.4, -0.2) is 48.5 Å². The number of ether oxygens (including phenoxy) is 4. The minimum Gasteiger partial charge on any atom is -0.545 e. The third kappa shape index (κ3) is 7.50. The Balaban J connectivity index is 0.00000484. The number of carboxylic acids is 1. The van der Waals surface area contributed by atoms with E-state index in [1.54, 1.807) is 42.5 Å². The van der Waals surface area contributed by atoms with E-state index in [0.717, 1.165) is 0 Å². The van der Waals surface area contributed by atoms with Crippen LogP contribution in [0.2, 0.25) is 0 Å². The summed E-state index contributed by atoms with van der Waals surface area (Å²) < 4.78 is 27.6. The molecule has 4 aromatic rings. The van der Waals surface area contributed by atoms with Crippen LogP contribution in [0.5, 0.6) is 23.0 Å². The van der Waals surface area contributed by atoms with Crippen molar-refractivity contribution in [3.63, 3.8) is 0 Å². The second-order valence-electron chi connectivity index (χ2n) is 9.80. The normalized spacial score (nSPS) is 11.6. The van der Waals surface area contributed by atoms with Gasteiger partial charge in [0.05, 0.1) is 32.4 Å². The van der Waals surface area contributed by atoms with Gasteiger partial charge in [0.2, 0.25) is 5.75 Å². The number of hydrogen-bond donors (Lipinski definition) is 0. The molecule has 0 spiro atoms. The first-order valence-electron chi connectivity index (χ1n) is 13.0. The number of carbonyl (C=O) groups excluding carboxylic acids is 2. The van der Waals surface area contributed by atoms with E-state index in [-0.39, 0.29) is 70.5 Å². The molecule has 0 aliphatic rings. The Labute approximate surface area is 265 Å². The fourth-order valence-electron chi connectivity index (χ4n) is 4.33. The van der Waals surface area contributed by atoms with E-state index in [9.17, 15) is 14.7 Å². The van der Waals surface area contributed by atoms with E-state index in [2.05, 4.69) is 10.3 Å². The third-order valence-electron chi connectivity index (χ3n) is 6.07. The van der Waals surface area contributed by atoms with Crippen molar-refractivity contribution in [3.05, 3.63) is 76.9 Å². The smallest absolute Gasteiger partial charge is 0.545 e. The van der Waals surface area contributed by atoms with E-state index in [1.807, 2.05) is 27.7 Å². The molecular weight excluding hydrogens is 551 g/mol. The molecule has 0 atom stereocenters. The number of carbonyl (C=O) groups is 2.